The number of nitrogens with one attached hydrogen (secondary N) is 1. The number of fused-ring (bicyclic) bond motifs is 1. The van der Waals surface area contributed by atoms with Crippen LogP contribution in [0.15, 0.2) is 29.4 Å². The summed E-state index contributed by atoms with van der Waals surface area (Å²) in [7, 11) is 2.95. The molecular formula is C22H25N5O4S2. The minimum absolute atomic E-state index is 0.0820. The van der Waals surface area contributed by atoms with Crippen LogP contribution in [0, 0.1) is 0 Å². The Kier molecular flexibility index (Phi) is 7.61. The number of rotatable bonds is 7. The first-order chi connectivity index (χ1) is 16.1. The first-order valence-corrected chi connectivity index (χ1v) is 12.5. The number of anilines is 1. The van der Waals surface area contributed by atoms with E-state index in [-0.39, 0.29) is 11.7 Å². The Morgan fingerprint density at radius 3 is 2.73 bits per heavy atom. The van der Waals surface area contributed by atoms with Crippen LogP contribution in [-0.4, -0.2) is 52.1 Å². The van der Waals surface area contributed by atoms with E-state index in [1.54, 1.807) is 7.11 Å². The van der Waals surface area contributed by atoms with Gasteiger partial charge in [-0.05, 0) is 53.8 Å². The molecule has 0 aliphatic heterocycles. The van der Waals surface area contributed by atoms with Crippen molar-refractivity contribution in [3.8, 4) is 11.4 Å². The predicted octanol–water partition coefficient (Wildman–Crippen LogP) is 3.91. The molecule has 0 saturated heterocycles. The fourth-order valence-corrected chi connectivity index (χ4v) is 5.82. The molecule has 0 atom stereocenters. The van der Waals surface area contributed by atoms with Crippen LogP contribution in [-0.2, 0) is 22.4 Å². The Morgan fingerprint density at radius 2 is 1.94 bits per heavy atom. The first-order valence-electron chi connectivity index (χ1n) is 10.7. The van der Waals surface area contributed by atoms with Crippen molar-refractivity contribution in [2.75, 3.05) is 25.3 Å². The molecule has 0 unspecified atom stereocenters. The van der Waals surface area contributed by atoms with Crippen LogP contribution in [0.3, 0.4) is 0 Å². The zero-order valence-corrected chi connectivity index (χ0v) is 20.1. The third-order valence-corrected chi connectivity index (χ3v) is 7.53. The van der Waals surface area contributed by atoms with E-state index < -0.39 is 5.97 Å². The lowest BCUT2D eigenvalue weighted by Crippen LogP contribution is -2.17. The number of benzene rings is 1. The zero-order chi connectivity index (χ0) is 23.2. The number of para-hydroxylation sites is 2. The molecule has 0 radical (unpaired) electrons. The molecule has 0 fully saturated rings. The van der Waals surface area contributed by atoms with Crippen LogP contribution in [0.25, 0.3) is 5.69 Å². The van der Waals surface area contributed by atoms with Crippen molar-refractivity contribution >= 4 is 40.0 Å². The van der Waals surface area contributed by atoms with Crippen molar-refractivity contribution in [3.63, 3.8) is 0 Å². The lowest BCUT2D eigenvalue weighted by molar-refractivity contribution is -0.113. The number of aromatic nitrogens is 4. The summed E-state index contributed by atoms with van der Waals surface area (Å²) in [6.45, 7) is 0. The average Bonchev–Trinajstić information content (AvgIpc) is 3.41. The van der Waals surface area contributed by atoms with Gasteiger partial charge in [0, 0.05) is 4.88 Å². The highest BCUT2D eigenvalue weighted by Gasteiger charge is 2.26. The maximum absolute atomic E-state index is 12.8. The fourth-order valence-electron chi connectivity index (χ4n) is 3.84. The van der Waals surface area contributed by atoms with Crippen LogP contribution < -0.4 is 10.1 Å². The van der Waals surface area contributed by atoms with Gasteiger partial charge in [0.05, 0.1) is 25.5 Å². The lowest BCUT2D eigenvalue weighted by atomic mass is 9.96. The van der Waals surface area contributed by atoms with Crippen molar-refractivity contribution in [2.45, 2.75) is 43.7 Å². The molecule has 4 rings (SSSR count). The van der Waals surface area contributed by atoms with Gasteiger partial charge in [0.1, 0.15) is 16.4 Å². The van der Waals surface area contributed by atoms with E-state index in [1.807, 2.05) is 24.3 Å². The van der Waals surface area contributed by atoms with Crippen molar-refractivity contribution in [1.29, 1.82) is 0 Å². The Labute approximate surface area is 199 Å². The summed E-state index contributed by atoms with van der Waals surface area (Å²) in [4.78, 5) is 26.5. The summed E-state index contributed by atoms with van der Waals surface area (Å²) < 4.78 is 12.0. The van der Waals surface area contributed by atoms with E-state index in [9.17, 15) is 9.59 Å². The van der Waals surface area contributed by atoms with Gasteiger partial charge in [-0.1, -0.05) is 36.7 Å². The molecule has 1 N–H and O–H groups in total. The van der Waals surface area contributed by atoms with Crippen LogP contribution in [0.2, 0.25) is 0 Å². The predicted molar refractivity (Wildman–Crippen MR) is 127 cm³/mol. The van der Waals surface area contributed by atoms with Gasteiger partial charge in [-0.15, -0.1) is 16.4 Å². The lowest BCUT2D eigenvalue weighted by Gasteiger charge is -2.11. The molecule has 2 heterocycles. The summed E-state index contributed by atoms with van der Waals surface area (Å²) in [6, 6.07) is 7.37. The minimum Gasteiger partial charge on any atom is -0.494 e. The Morgan fingerprint density at radius 1 is 1.15 bits per heavy atom. The Balaban J connectivity index is 1.50. The van der Waals surface area contributed by atoms with Crippen molar-refractivity contribution in [2.24, 2.45) is 0 Å². The monoisotopic (exact) mass is 487 g/mol. The molecule has 1 amide bonds. The van der Waals surface area contributed by atoms with Gasteiger partial charge in [-0.2, -0.15) is 4.68 Å². The summed E-state index contributed by atoms with van der Waals surface area (Å²) >= 11 is 2.69. The SMILES string of the molecule is COC(=O)c1c(NC(=O)CSc2nnnn2-c2ccccc2OC)sc2c1CCCCCC2. The summed E-state index contributed by atoms with van der Waals surface area (Å²) in [5.41, 5.74) is 2.20. The van der Waals surface area contributed by atoms with Crippen LogP contribution in [0.1, 0.15) is 46.5 Å². The van der Waals surface area contributed by atoms with Crippen LogP contribution in [0.4, 0.5) is 5.00 Å². The molecule has 11 heteroatoms. The quantitative estimate of drug-likeness (QED) is 0.395. The van der Waals surface area contributed by atoms with Crippen molar-refractivity contribution < 1.29 is 19.1 Å². The minimum atomic E-state index is -0.406. The molecule has 9 nitrogen and oxygen atoms in total. The average molecular weight is 488 g/mol. The molecule has 0 spiro atoms. The molecule has 1 aliphatic rings. The Hall–Kier alpha value is -2.92. The van der Waals surface area contributed by atoms with Crippen molar-refractivity contribution in [1.82, 2.24) is 20.2 Å². The number of ether oxygens (including phenoxy) is 2. The smallest absolute Gasteiger partial charge is 0.341 e. The number of carbonyl (C=O) groups is 2. The molecule has 0 bridgehead atoms. The second-order valence-corrected chi connectivity index (χ2v) is 9.54. The van der Waals surface area contributed by atoms with Gasteiger partial charge in [0.2, 0.25) is 11.1 Å². The number of esters is 1. The van der Waals surface area contributed by atoms with Gasteiger partial charge in [-0.3, -0.25) is 4.79 Å². The molecule has 2 aromatic heterocycles. The molecule has 1 aliphatic carbocycles. The second-order valence-electron chi connectivity index (χ2n) is 7.50. The number of tetrazole rings is 1. The molecule has 3 aromatic rings. The number of thioether (sulfide) groups is 1. The van der Waals surface area contributed by atoms with E-state index in [0.717, 1.165) is 42.5 Å². The highest BCUT2D eigenvalue weighted by atomic mass is 32.2. The molecule has 174 valence electrons. The highest BCUT2D eigenvalue weighted by Crippen LogP contribution is 2.37. The summed E-state index contributed by atoms with van der Waals surface area (Å²) in [5, 5.41) is 15.8. The number of hydrogen-bond donors (Lipinski definition) is 1. The molecule has 0 saturated carbocycles. The topological polar surface area (TPSA) is 108 Å². The van der Waals surface area contributed by atoms with Gasteiger partial charge in [-0.25, -0.2) is 4.79 Å². The van der Waals surface area contributed by atoms with Crippen molar-refractivity contribution in [3.05, 3.63) is 40.3 Å². The number of carbonyl (C=O) groups excluding carboxylic acids is 2. The number of thiophene rings is 1. The third kappa shape index (κ3) is 5.19. The van der Waals surface area contributed by atoms with E-state index in [1.165, 1.54) is 41.3 Å². The number of aryl methyl sites for hydroxylation is 1. The van der Waals surface area contributed by atoms with Crippen LogP contribution >= 0.6 is 23.1 Å². The Bertz CT molecular complexity index is 1140. The second kappa shape index (κ2) is 10.8. The first kappa shape index (κ1) is 23.2. The largest absolute Gasteiger partial charge is 0.494 e. The number of methoxy groups -OCH3 is 2. The maximum Gasteiger partial charge on any atom is 0.341 e. The van der Waals surface area contributed by atoms with Gasteiger partial charge in [0.15, 0.2) is 0 Å². The number of amides is 1. The number of hydrogen-bond acceptors (Lipinski definition) is 9. The van der Waals surface area contributed by atoms with Gasteiger partial charge in [0.25, 0.3) is 0 Å². The van der Waals surface area contributed by atoms with E-state index in [2.05, 4.69) is 20.8 Å². The maximum atomic E-state index is 12.8. The standard InChI is InChI=1S/C22H25N5O4S2/c1-30-16-11-8-7-10-15(16)27-22(24-25-26-27)32-13-18(28)23-20-19(21(29)31-2)14-9-5-3-4-6-12-17(14)33-20/h7-8,10-11H,3-6,9,12-13H2,1-2H3,(H,23,28). The summed E-state index contributed by atoms with van der Waals surface area (Å²) in [6.07, 6.45) is 6.20. The van der Waals surface area contributed by atoms with E-state index in [0.29, 0.717) is 27.2 Å². The van der Waals surface area contributed by atoms with Gasteiger partial charge < -0.3 is 14.8 Å². The fraction of sp³-hybridized carbons (Fsp3) is 0.409. The normalized spacial score (nSPS) is 13.5. The molecular weight excluding hydrogens is 462 g/mol. The third-order valence-electron chi connectivity index (χ3n) is 5.40. The van der Waals surface area contributed by atoms with Crippen LogP contribution in [0.5, 0.6) is 5.75 Å². The number of nitrogens with zero attached hydrogens (tertiary/aromatic N) is 4. The molecule has 1 aromatic carbocycles. The zero-order valence-electron chi connectivity index (χ0n) is 18.5. The van der Waals surface area contributed by atoms with Gasteiger partial charge >= 0.3 is 5.97 Å². The summed E-state index contributed by atoms with van der Waals surface area (Å²) in [5.74, 6) is 0.0542. The van der Waals surface area contributed by atoms with E-state index in [4.69, 9.17) is 9.47 Å². The highest BCUT2D eigenvalue weighted by molar-refractivity contribution is 7.99. The molecule has 33 heavy (non-hydrogen) atoms. The van der Waals surface area contributed by atoms with E-state index >= 15 is 0 Å².